The molecule has 0 aromatic rings. The van der Waals surface area contributed by atoms with Gasteiger partial charge in [-0.1, -0.05) is 31.6 Å². The van der Waals surface area contributed by atoms with Crippen LogP contribution in [0.5, 0.6) is 0 Å². The number of rotatable bonds is 8. The second kappa shape index (κ2) is 8.29. The van der Waals surface area contributed by atoms with Crippen molar-refractivity contribution in [1.82, 2.24) is 5.32 Å². The Morgan fingerprint density at radius 2 is 1.96 bits per heavy atom. The Morgan fingerprint density at radius 1 is 1.31 bits per heavy atom. The van der Waals surface area contributed by atoms with Crippen LogP contribution in [-0.2, 0) is 23.8 Å². The molecule has 2 aliphatic rings. The highest BCUT2D eigenvalue weighted by molar-refractivity contribution is 5.99. The number of nitrogens with one attached hydrogen (secondary N) is 1. The van der Waals surface area contributed by atoms with E-state index in [1.807, 2.05) is 6.08 Å². The number of methoxy groups -OCH3 is 2. The van der Waals surface area contributed by atoms with E-state index < -0.39 is 18.0 Å². The van der Waals surface area contributed by atoms with Crippen molar-refractivity contribution in [3.05, 3.63) is 35.6 Å². The molecule has 0 spiro atoms. The largest absolute Gasteiger partial charge is 0.355 e. The number of allylic oxidation sites excluding steroid dienone is 3. The van der Waals surface area contributed by atoms with Crippen molar-refractivity contribution in [1.29, 1.82) is 0 Å². The zero-order valence-corrected chi connectivity index (χ0v) is 16.4. The molecule has 0 radical (unpaired) electrons. The maximum Gasteiger partial charge on any atom is 0.247 e. The topological polar surface area (TPSA) is 77.2 Å². The second-order valence-electron chi connectivity index (χ2n) is 7.30. The van der Waals surface area contributed by atoms with E-state index in [9.17, 15) is 9.59 Å². The highest BCUT2D eigenvalue weighted by Gasteiger charge is 2.64. The maximum atomic E-state index is 12.3. The average molecular weight is 363 g/mol. The summed E-state index contributed by atoms with van der Waals surface area (Å²) in [7, 11) is 2.92. The fourth-order valence-electron chi connectivity index (χ4n) is 3.48. The molecule has 6 nitrogen and oxygen atoms in total. The Bertz CT molecular complexity index is 641. The summed E-state index contributed by atoms with van der Waals surface area (Å²) in [6, 6.07) is 0. The van der Waals surface area contributed by atoms with Gasteiger partial charge in [-0.3, -0.25) is 9.59 Å². The monoisotopic (exact) mass is 363 g/mol. The van der Waals surface area contributed by atoms with Crippen LogP contribution in [0.3, 0.4) is 0 Å². The standard InChI is InChI=1S/C20H29NO5/c1-12(2)9-14(4)10-13(3)7-8-17(23)21-16-11-15(22)18-19(26-18)20(16,24-5)25-6/h7-9,11,13-14,18-19H,10H2,1-6H3,(H,21,23)/b8-7+/t13-,14+,18+,19+/m0/s1. The van der Waals surface area contributed by atoms with Gasteiger partial charge >= 0.3 is 0 Å². The first kappa shape index (κ1) is 20.6. The van der Waals surface area contributed by atoms with E-state index >= 15 is 0 Å². The molecule has 6 heteroatoms. The first-order valence-corrected chi connectivity index (χ1v) is 8.89. The maximum absolute atomic E-state index is 12.3. The molecule has 1 aliphatic heterocycles. The number of fused-ring (bicyclic) bond motifs is 1. The van der Waals surface area contributed by atoms with Crippen LogP contribution < -0.4 is 5.32 Å². The SMILES string of the molecule is COC1(OC)C(NC(=O)/C=C/[C@H](C)C[C@H](C)C=C(C)C)=CC(=O)[C@H]2O[C@H]21. The van der Waals surface area contributed by atoms with Gasteiger partial charge in [-0.05, 0) is 38.2 Å². The number of carbonyl (C=O) groups is 2. The van der Waals surface area contributed by atoms with Crippen molar-refractivity contribution < 1.29 is 23.8 Å². The Hall–Kier alpha value is -1.76. The van der Waals surface area contributed by atoms with Crippen LogP contribution in [0, 0.1) is 11.8 Å². The average Bonchev–Trinajstić information content (AvgIpc) is 3.35. The number of ether oxygens (including phenoxy) is 3. The van der Waals surface area contributed by atoms with Gasteiger partial charge in [0.2, 0.25) is 11.7 Å². The summed E-state index contributed by atoms with van der Waals surface area (Å²) in [6.45, 7) is 8.39. The molecule has 26 heavy (non-hydrogen) atoms. The minimum atomic E-state index is -1.26. The fourth-order valence-corrected chi connectivity index (χ4v) is 3.48. The van der Waals surface area contributed by atoms with E-state index in [1.165, 1.54) is 31.9 Å². The molecule has 1 fully saturated rings. The Balaban J connectivity index is 2.00. The van der Waals surface area contributed by atoms with Crippen LogP contribution in [-0.4, -0.2) is 43.9 Å². The first-order chi connectivity index (χ1) is 12.2. The van der Waals surface area contributed by atoms with Crippen LogP contribution >= 0.6 is 0 Å². The Kier molecular flexibility index (Phi) is 6.55. The van der Waals surface area contributed by atoms with Crippen molar-refractivity contribution in [3.63, 3.8) is 0 Å². The van der Waals surface area contributed by atoms with Gasteiger partial charge < -0.3 is 19.5 Å². The smallest absolute Gasteiger partial charge is 0.247 e. The summed E-state index contributed by atoms with van der Waals surface area (Å²) in [5.74, 6) is -1.09. The van der Waals surface area contributed by atoms with Gasteiger partial charge in [0.25, 0.3) is 0 Å². The molecular weight excluding hydrogens is 334 g/mol. The molecule has 1 heterocycles. The van der Waals surface area contributed by atoms with Gasteiger partial charge in [0.05, 0.1) is 5.70 Å². The third-order valence-corrected chi connectivity index (χ3v) is 4.61. The zero-order valence-electron chi connectivity index (χ0n) is 16.4. The van der Waals surface area contributed by atoms with E-state index in [1.54, 1.807) is 0 Å². The quantitative estimate of drug-likeness (QED) is 0.310. The number of ketones is 1. The van der Waals surface area contributed by atoms with E-state index in [0.717, 1.165) is 6.42 Å². The van der Waals surface area contributed by atoms with Crippen LogP contribution in [0.1, 0.15) is 34.1 Å². The molecule has 144 valence electrons. The normalized spacial score (nSPS) is 25.9. The lowest BCUT2D eigenvalue weighted by molar-refractivity contribution is -0.195. The number of carbonyl (C=O) groups excluding carboxylic acids is 2. The predicted octanol–water partition coefficient (Wildman–Crippen LogP) is 2.51. The molecule has 1 aliphatic carbocycles. The number of epoxide rings is 1. The van der Waals surface area contributed by atoms with Crippen LogP contribution in [0.25, 0.3) is 0 Å². The molecule has 1 N–H and O–H groups in total. The highest BCUT2D eigenvalue weighted by atomic mass is 16.7. The molecule has 0 aromatic heterocycles. The van der Waals surface area contributed by atoms with Gasteiger partial charge in [-0.2, -0.15) is 0 Å². The molecule has 0 aromatic carbocycles. The summed E-state index contributed by atoms with van der Waals surface area (Å²) >= 11 is 0. The lowest BCUT2D eigenvalue weighted by Crippen LogP contribution is -2.51. The molecule has 2 rings (SSSR count). The minimum Gasteiger partial charge on any atom is -0.355 e. The first-order valence-electron chi connectivity index (χ1n) is 8.89. The summed E-state index contributed by atoms with van der Waals surface area (Å²) in [5, 5.41) is 2.71. The third kappa shape index (κ3) is 4.50. The van der Waals surface area contributed by atoms with Crippen molar-refractivity contribution in [2.45, 2.75) is 52.1 Å². The van der Waals surface area contributed by atoms with Gasteiger partial charge in [0, 0.05) is 20.3 Å². The van der Waals surface area contributed by atoms with Crippen LogP contribution in [0.2, 0.25) is 0 Å². The summed E-state index contributed by atoms with van der Waals surface area (Å²) in [6.07, 6.45) is 6.77. The van der Waals surface area contributed by atoms with Crippen molar-refractivity contribution in [2.75, 3.05) is 14.2 Å². The summed E-state index contributed by atoms with van der Waals surface area (Å²) < 4.78 is 16.2. The highest BCUT2D eigenvalue weighted by Crippen LogP contribution is 2.43. The van der Waals surface area contributed by atoms with E-state index in [-0.39, 0.29) is 23.3 Å². The van der Waals surface area contributed by atoms with E-state index in [2.05, 4.69) is 39.1 Å². The lowest BCUT2D eigenvalue weighted by atomic mass is 9.95. The molecular formula is C20H29NO5. The molecule has 0 unspecified atom stereocenters. The molecule has 1 saturated heterocycles. The van der Waals surface area contributed by atoms with Crippen LogP contribution in [0.4, 0.5) is 0 Å². The van der Waals surface area contributed by atoms with Crippen molar-refractivity contribution in [2.24, 2.45) is 11.8 Å². The molecule has 0 saturated carbocycles. The zero-order chi connectivity index (χ0) is 19.5. The van der Waals surface area contributed by atoms with Crippen molar-refractivity contribution >= 4 is 11.7 Å². The third-order valence-electron chi connectivity index (χ3n) is 4.61. The van der Waals surface area contributed by atoms with Crippen LogP contribution in [0.15, 0.2) is 35.6 Å². The Labute approximate surface area is 155 Å². The van der Waals surface area contributed by atoms with E-state index in [4.69, 9.17) is 14.2 Å². The Morgan fingerprint density at radius 3 is 2.54 bits per heavy atom. The van der Waals surface area contributed by atoms with Gasteiger partial charge in [-0.15, -0.1) is 0 Å². The number of hydrogen-bond donors (Lipinski definition) is 1. The van der Waals surface area contributed by atoms with E-state index in [0.29, 0.717) is 5.92 Å². The van der Waals surface area contributed by atoms with Gasteiger partial charge in [0.15, 0.2) is 18.0 Å². The number of amides is 1. The van der Waals surface area contributed by atoms with Gasteiger partial charge in [-0.25, -0.2) is 0 Å². The fraction of sp³-hybridized carbons (Fsp3) is 0.600. The molecule has 4 atom stereocenters. The predicted molar refractivity (Wildman–Crippen MR) is 98.2 cm³/mol. The molecule has 0 bridgehead atoms. The lowest BCUT2D eigenvalue weighted by Gasteiger charge is -2.33. The second-order valence-corrected chi connectivity index (χ2v) is 7.30. The van der Waals surface area contributed by atoms with Gasteiger partial charge in [0.1, 0.15) is 0 Å². The minimum absolute atomic E-state index is 0.192. The van der Waals surface area contributed by atoms with Crippen molar-refractivity contribution in [3.8, 4) is 0 Å². The number of hydrogen-bond acceptors (Lipinski definition) is 5. The summed E-state index contributed by atoms with van der Waals surface area (Å²) in [4.78, 5) is 24.2. The summed E-state index contributed by atoms with van der Waals surface area (Å²) in [5.41, 5.74) is 1.56. The molecule has 1 amide bonds.